The second-order valence-electron chi connectivity index (χ2n) is 11.8. The van der Waals surface area contributed by atoms with E-state index in [-0.39, 0.29) is 49.5 Å². The van der Waals surface area contributed by atoms with E-state index in [2.05, 4.69) is 40.4 Å². The van der Waals surface area contributed by atoms with Gasteiger partial charge in [0, 0.05) is 0 Å². The van der Waals surface area contributed by atoms with Crippen molar-refractivity contribution < 1.29 is 21.7 Å². The van der Waals surface area contributed by atoms with Crippen molar-refractivity contribution in [2.45, 2.75) is 103 Å². The monoisotopic (exact) mass is 465 g/mol. The van der Waals surface area contributed by atoms with E-state index < -0.39 is 8.24 Å². The van der Waals surface area contributed by atoms with Crippen LogP contribution in [0.3, 0.4) is 0 Å². The minimum Gasteiger partial charge on any atom is -0.660 e. The molecule has 1 nitrogen and oxygen atoms in total. The molecular formula is C27H51NSiTi. The normalized spacial score (nSPS) is 37.8. The Labute approximate surface area is 207 Å². The fraction of sp³-hybridized carbons (Fsp3) is 0.815. The van der Waals surface area contributed by atoms with E-state index in [4.69, 9.17) is 4.98 Å². The second-order valence-corrected chi connectivity index (χ2v) is 16.1. The maximum atomic E-state index is 5.49. The molecule has 3 heteroatoms. The number of nitrogens with zero attached hydrogens (tertiary/aromatic N) is 1. The Bertz CT molecular complexity index is 552. The first-order valence-electron chi connectivity index (χ1n) is 11.6. The Morgan fingerprint density at radius 3 is 2.10 bits per heavy atom. The van der Waals surface area contributed by atoms with Crippen LogP contribution < -0.4 is 0 Å². The van der Waals surface area contributed by atoms with E-state index in [0.29, 0.717) is 0 Å². The number of rotatable bonds is 2. The molecule has 0 aromatic carbocycles. The fourth-order valence-corrected chi connectivity index (χ4v) is 12.4. The smallest absolute Gasteiger partial charge is 0.660 e. The van der Waals surface area contributed by atoms with Crippen LogP contribution in [0.15, 0.2) is 12.2 Å². The number of fused-ring (bicyclic) bond motifs is 2. The summed E-state index contributed by atoms with van der Waals surface area (Å²) >= 11 is 0. The minimum absolute atomic E-state index is 0. The van der Waals surface area contributed by atoms with Crippen LogP contribution in [0.25, 0.3) is 4.98 Å². The minimum atomic E-state index is -1.57. The van der Waals surface area contributed by atoms with Crippen molar-refractivity contribution in [1.29, 1.82) is 0 Å². The van der Waals surface area contributed by atoms with Gasteiger partial charge in [-0.25, -0.2) is 0 Å². The van der Waals surface area contributed by atoms with Gasteiger partial charge in [0.1, 0.15) is 0 Å². The van der Waals surface area contributed by atoms with Gasteiger partial charge in [0.25, 0.3) is 0 Å². The number of hydrogen-bond acceptors (Lipinski definition) is 0. The summed E-state index contributed by atoms with van der Waals surface area (Å²) < 4.78 is 0. The summed E-state index contributed by atoms with van der Waals surface area (Å²) in [6.07, 6.45) is 13.2. The number of allylic oxidation sites excluding steroid dienone is 1. The first-order valence-corrected chi connectivity index (χ1v) is 14.6. The van der Waals surface area contributed by atoms with E-state index in [1.807, 2.05) is 0 Å². The summed E-state index contributed by atoms with van der Waals surface area (Å²) in [5.41, 5.74) is 2.71. The summed E-state index contributed by atoms with van der Waals surface area (Å²) in [5, 5.41) is 0. The Morgan fingerprint density at radius 1 is 0.867 bits per heavy atom. The largest absolute Gasteiger partial charge is 4.00 e. The molecule has 0 aromatic rings. The molecule has 30 heavy (non-hydrogen) atoms. The van der Waals surface area contributed by atoms with Crippen molar-refractivity contribution in [2.75, 3.05) is 0 Å². The topological polar surface area (TPSA) is 14.1 Å². The van der Waals surface area contributed by atoms with Crippen LogP contribution in [0.5, 0.6) is 0 Å². The van der Waals surface area contributed by atoms with Crippen LogP contribution in [-0.2, 0) is 21.7 Å². The summed E-state index contributed by atoms with van der Waals surface area (Å²) in [4.78, 5) is 5.49. The van der Waals surface area contributed by atoms with Crippen LogP contribution in [0.1, 0.15) is 78.6 Å². The maximum absolute atomic E-state index is 5.49. The van der Waals surface area contributed by atoms with Gasteiger partial charge >= 0.3 is 21.7 Å². The van der Waals surface area contributed by atoms with Gasteiger partial charge in [-0.05, 0) is 61.2 Å². The number of hydrogen-bond donors (Lipinski definition) is 0. The molecule has 4 saturated carbocycles. The Hall–Kier alpha value is 0.631. The van der Waals surface area contributed by atoms with Gasteiger partial charge in [0.2, 0.25) is 0 Å². The summed E-state index contributed by atoms with van der Waals surface area (Å²) in [5.74, 6) is 5.77. The maximum Gasteiger partial charge on any atom is 4.00 e. The molecule has 0 N–H and O–H groups in total. The van der Waals surface area contributed by atoms with E-state index in [1.165, 1.54) is 57.8 Å². The summed E-state index contributed by atoms with van der Waals surface area (Å²) in [6, 6.07) is 0. The zero-order valence-electron chi connectivity index (χ0n) is 21.6. The third kappa shape index (κ3) is 5.75. The van der Waals surface area contributed by atoms with Gasteiger partial charge in [0.15, 0.2) is 0 Å². The molecule has 0 bridgehead atoms. The van der Waals surface area contributed by atoms with Crippen LogP contribution >= 0.6 is 0 Å². The Balaban J connectivity index is 0.00000210. The predicted molar refractivity (Wildman–Crippen MR) is 135 cm³/mol. The van der Waals surface area contributed by atoms with Crippen molar-refractivity contribution in [1.82, 2.24) is 0 Å². The molecule has 0 heterocycles. The molecule has 172 valence electrons. The van der Waals surface area contributed by atoms with E-state index in [1.54, 1.807) is 5.57 Å². The molecule has 0 aromatic heterocycles. The third-order valence-corrected chi connectivity index (χ3v) is 12.4. The van der Waals surface area contributed by atoms with Gasteiger partial charge in [-0.15, -0.1) is 5.54 Å². The van der Waals surface area contributed by atoms with Crippen LogP contribution in [0.2, 0.25) is 18.6 Å². The molecule has 0 amide bonds. The average Bonchev–Trinajstić information content (AvgIpc) is 2.88. The SMILES string of the molecule is C=C1CC2CCCCC2C2CC([Si](C)(C)[N-]C(C)(C)C)C3CCCC1C23.[CH3-].[CH3-].[CH3-].[Ti+4]. The predicted octanol–water partition coefficient (Wildman–Crippen LogP) is 8.90. The second kappa shape index (κ2) is 11.2. The molecule has 4 rings (SSSR count). The first kappa shape index (κ1) is 30.6. The molecular weight excluding hydrogens is 414 g/mol. The molecule has 0 aliphatic heterocycles. The molecule has 7 atom stereocenters. The standard InChI is InChI=1S/C24H42NSi.3CH3.Ti/c1-16-14-17-10-7-8-11-19(17)21-15-22(26(5,6)25-24(2,3)4)20-13-9-12-18(16)23(20)21;;;;/h17-23H,1,7-15H2,2-6H3;3*1H3;/q4*-1;+4. The van der Waals surface area contributed by atoms with Gasteiger partial charge < -0.3 is 27.3 Å². The van der Waals surface area contributed by atoms with Gasteiger partial charge in [-0.3, -0.25) is 0 Å². The average molecular weight is 466 g/mol. The van der Waals surface area contributed by atoms with Crippen molar-refractivity contribution >= 4 is 8.24 Å². The third-order valence-electron chi connectivity index (χ3n) is 8.65. The molecule has 0 spiro atoms. The summed E-state index contributed by atoms with van der Waals surface area (Å²) in [6.45, 7) is 16.8. The van der Waals surface area contributed by atoms with Gasteiger partial charge in [-0.2, -0.15) is 0 Å². The molecule has 4 fully saturated rings. The van der Waals surface area contributed by atoms with Crippen molar-refractivity contribution in [3.05, 3.63) is 39.4 Å². The molecule has 0 radical (unpaired) electrons. The van der Waals surface area contributed by atoms with E-state index >= 15 is 0 Å². The zero-order valence-corrected chi connectivity index (χ0v) is 24.1. The van der Waals surface area contributed by atoms with Crippen LogP contribution in [0, 0.1) is 57.8 Å². The van der Waals surface area contributed by atoms with Gasteiger partial charge in [-0.1, -0.05) is 91.9 Å². The van der Waals surface area contributed by atoms with Crippen molar-refractivity contribution in [3.8, 4) is 0 Å². The van der Waals surface area contributed by atoms with Crippen LogP contribution in [-0.4, -0.2) is 13.8 Å². The zero-order chi connectivity index (χ0) is 18.7. The van der Waals surface area contributed by atoms with E-state index in [0.717, 1.165) is 41.0 Å². The molecule has 0 saturated heterocycles. The van der Waals surface area contributed by atoms with Crippen molar-refractivity contribution in [2.24, 2.45) is 35.5 Å². The van der Waals surface area contributed by atoms with Crippen LogP contribution in [0.4, 0.5) is 0 Å². The van der Waals surface area contributed by atoms with E-state index in [9.17, 15) is 0 Å². The Kier molecular flexibility index (Phi) is 11.4. The molecule has 4 aliphatic rings. The fourth-order valence-electron chi connectivity index (χ4n) is 8.21. The summed E-state index contributed by atoms with van der Waals surface area (Å²) in [7, 11) is -1.57. The molecule has 7 unspecified atom stereocenters. The quantitative estimate of drug-likeness (QED) is 0.220. The Morgan fingerprint density at radius 2 is 1.47 bits per heavy atom. The molecule has 4 aliphatic carbocycles. The van der Waals surface area contributed by atoms with Crippen molar-refractivity contribution in [3.63, 3.8) is 0 Å². The first-order chi connectivity index (χ1) is 12.2. The van der Waals surface area contributed by atoms with Gasteiger partial charge in [0.05, 0.1) is 0 Å².